The largest absolute Gasteiger partial charge is 0.479 e. The molecule has 6 nitrogen and oxygen atoms in total. The van der Waals surface area contributed by atoms with Gasteiger partial charge in [-0.2, -0.15) is 13.2 Å². The molecule has 4 N–H and O–H groups in total. The summed E-state index contributed by atoms with van der Waals surface area (Å²) in [7, 11) is 0. The van der Waals surface area contributed by atoms with Crippen LogP contribution in [0.2, 0.25) is 0 Å². The molecule has 1 heterocycles. The number of halogens is 3. The number of hydrogen-bond acceptors (Lipinski definition) is 5. The number of nitrogens with one attached hydrogen (secondary N) is 2. The van der Waals surface area contributed by atoms with Gasteiger partial charge in [-0.05, 0) is 79.3 Å². The number of benzene rings is 2. The summed E-state index contributed by atoms with van der Waals surface area (Å²) in [6.45, 7) is 1.64. The zero-order chi connectivity index (χ0) is 28.2. The molecule has 0 saturated heterocycles. The molecule has 2 atom stereocenters. The summed E-state index contributed by atoms with van der Waals surface area (Å²) in [6, 6.07) is 14.2. The minimum atomic E-state index is -4.37. The van der Waals surface area contributed by atoms with Crippen molar-refractivity contribution in [3.05, 3.63) is 76.2 Å². The Morgan fingerprint density at radius 2 is 1.67 bits per heavy atom. The van der Waals surface area contributed by atoms with Crippen LogP contribution in [0.1, 0.15) is 64.5 Å². The second kappa shape index (κ2) is 12.2. The fraction of sp³-hybridized carbons (Fsp3) is 0.379. The summed E-state index contributed by atoms with van der Waals surface area (Å²) in [6.07, 6.45) is -0.445. The Bertz CT molecular complexity index is 1280. The molecule has 1 aliphatic carbocycles. The van der Waals surface area contributed by atoms with Gasteiger partial charge < -0.3 is 20.8 Å². The molecule has 3 aromatic rings. The molecule has 0 bridgehead atoms. The van der Waals surface area contributed by atoms with Crippen molar-refractivity contribution < 1.29 is 33.0 Å². The lowest BCUT2D eigenvalue weighted by atomic mass is 9.81. The molecule has 1 aromatic heterocycles. The quantitative estimate of drug-likeness (QED) is 0.235. The molecule has 0 aliphatic heterocycles. The van der Waals surface area contributed by atoms with Crippen molar-refractivity contribution in [2.45, 2.75) is 57.3 Å². The predicted octanol–water partition coefficient (Wildman–Crippen LogP) is 6.65. The Labute approximate surface area is 228 Å². The number of anilines is 1. The number of carboxylic acids is 1. The van der Waals surface area contributed by atoms with Crippen LogP contribution in [-0.4, -0.2) is 34.7 Å². The Balaban J connectivity index is 1.54. The maximum absolute atomic E-state index is 13.0. The minimum Gasteiger partial charge on any atom is -0.479 e. The van der Waals surface area contributed by atoms with Crippen LogP contribution in [0.4, 0.5) is 18.9 Å². The van der Waals surface area contributed by atoms with Crippen molar-refractivity contribution in [1.29, 1.82) is 0 Å². The molecule has 1 amide bonds. The number of carbonyl (C=O) groups excluding carboxylic acids is 1. The van der Waals surface area contributed by atoms with Crippen molar-refractivity contribution in [3.8, 4) is 10.4 Å². The second-order valence-electron chi connectivity index (χ2n) is 9.86. The number of carboxylic acid groups (broad SMARTS) is 1. The van der Waals surface area contributed by atoms with Crippen LogP contribution >= 0.6 is 11.3 Å². The molecule has 2 unspecified atom stereocenters. The Morgan fingerprint density at radius 3 is 2.26 bits per heavy atom. The maximum Gasteiger partial charge on any atom is 0.416 e. The zero-order valence-electron chi connectivity index (χ0n) is 21.4. The molecular weight excluding hydrogens is 529 g/mol. The van der Waals surface area contributed by atoms with Crippen molar-refractivity contribution in [3.63, 3.8) is 0 Å². The monoisotopic (exact) mass is 560 g/mol. The first-order chi connectivity index (χ1) is 18.5. The summed E-state index contributed by atoms with van der Waals surface area (Å²) < 4.78 is 39.1. The number of aliphatic hydroxyl groups is 1. The van der Waals surface area contributed by atoms with Gasteiger partial charge >= 0.3 is 12.1 Å². The van der Waals surface area contributed by atoms with Gasteiger partial charge in [0.05, 0.1) is 18.2 Å². The minimum absolute atomic E-state index is 0.00450. The third-order valence-corrected chi connectivity index (χ3v) is 8.23. The van der Waals surface area contributed by atoms with E-state index in [1.54, 1.807) is 35.6 Å². The van der Waals surface area contributed by atoms with Crippen LogP contribution in [0, 0.1) is 12.8 Å². The number of carbonyl (C=O) groups is 2. The van der Waals surface area contributed by atoms with E-state index >= 15 is 0 Å². The summed E-state index contributed by atoms with van der Waals surface area (Å²) in [4.78, 5) is 25.1. The van der Waals surface area contributed by atoms with Crippen molar-refractivity contribution in [1.82, 2.24) is 5.32 Å². The summed E-state index contributed by atoms with van der Waals surface area (Å²) >= 11 is 1.56. The third kappa shape index (κ3) is 7.19. The molecule has 1 saturated carbocycles. The van der Waals surface area contributed by atoms with Crippen LogP contribution in [0.5, 0.6) is 0 Å². The average Bonchev–Trinajstić information content (AvgIpc) is 3.31. The van der Waals surface area contributed by atoms with Crippen LogP contribution in [0.3, 0.4) is 0 Å². The van der Waals surface area contributed by atoms with E-state index in [-0.39, 0.29) is 6.04 Å². The lowest BCUT2D eigenvalue weighted by molar-refractivity contribution is -0.146. The number of thiophene rings is 1. The number of aliphatic hydroxyl groups excluding tert-OH is 1. The molecule has 0 radical (unpaired) electrons. The number of hydrogen-bond donors (Lipinski definition) is 4. The van der Waals surface area contributed by atoms with Gasteiger partial charge in [0, 0.05) is 21.0 Å². The van der Waals surface area contributed by atoms with E-state index in [9.17, 15) is 27.9 Å². The molecule has 39 heavy (non-hydrogen) atoms. The first-order valence-electron chi connectivity index (χ1n) is 12.9. The SMILES string of the molecule is Cc1sc(-c2ccc(C(F)(F)F)cc2)cc1C(Nc1ccc(C(=O)NCC(O)C(=O)O)cc1)C1CCCCC1. The number of rotatable bonds is 9. The van der Waals surface area contributed by atoms with Crippen molar-refractivity contribution in [2.24, 2.45) is 5.92 Å². The first-order valence-corrected chi connectivity index (χ1v) is 13.7. The highest BCUT2D eigenvalue weighted by Gasteiger charge is 2.31. The van der Waals surface area contributed by atoms with Gasteiger partial charge in [0.1, 0.15) is 0 Å². The van der Waals surface area contributed by atoms with E-state index in [1.807, 2.05) is 6.92 Å². The van der Waals surface area contributed by atoms with E-state index < -0.39 is 36.3 Å². The van der Waals surface area contributed by atoms with Gasteiger partial charge in [0.15, 0.2) is 6.10 Å². The van der Waals surface area contributed by atoms with Gasteiger partial charge in [-0.25, -0.2) is 4.79 Å². The van der Waals surface area contributed by atoms with Gasteiger partial charge in [-0.15, -0.1) is 11.3 Å². The molecule has 1 fully saturated rings. The molecule has 1 aliphatic rings. The highest BCUT2D eigenvalue weighted by atomic mass is 32.1. The first kappa shape index (κ1) is 28.6. The van der Waals surface area contributed by atoms with Gasteiger partial charge in [0.25, 0.3) is 5.91 Å². The lowest BCUT2D eigenvalue weighted by Crippen LogP contribution is -2.36. The highest BCUT2D eigenvalue weighted by molar-refractivity contribution is 7.15. The number of aliphatic carboxylic acids is 1. The Hall–Kier alpha value is -3.37. The topological polar surface area (TPSA) is 98.7 Å². The summed E-state index contributed by atoms with van der Waals surface area (Å²) in [5.74, 6) is -1.51. The highest BCUT2D eigenvalue weighted by Crippen LogP contribution is 2.42. The fourth-order valence-electron chi connectivity index (χ4n) is 4.96. The number of aryl methyl sites for hydroxylation is 1. The fourth-order valence-corrected chi connectivity index (χ4v) is 6.04. The number of amides is 1. The molecule has 4 rings (SSSR count). The van der Waals surface area contributed by atoms with Crippen LogP contribution in [0.15, 0.2) is 54.6 Å². The zero-order valence-corrected chi connectivity index (χ0v) is 22.2. The second-order valence-corrected chi connectivity index (χ2v) is 11.1. The van der Waals surface area contributed by atoms with E-state index in [2.05, 4.69) is 16.7 Å². The average molecular weight is 561 g/mol. The molecule has 10 heteroatoms. The van der Waals surface area contributed by atoms with Gasteiger partial charge in [0.2, 0.25) is 0 Å². The van der Waals surface area contributed by atoms with E-state index in [4.69, 9.17) is 5.11 Å². The van der Waals surface area contributed by atoms with Crippen LogP contribution < -0.4 is 10.6 Å². The normalized spacial score (nSPS) is 15.9. The lowest BCUT2D eigenvalue weighted by Gasteiger charge is -2.32. The summed E-state index contributed by atoms with van der Waals surface area (Å²) in [5, 5.41) is 24.2. The standard InChI is InChI=1S/C29H31F3N2O4S/c1-17-23(15-25(39-17)18-7-11-21(12-8-18)29(30,31)32)26(19-5-3-2-4-6-19)34-22-13-9-20(10-14-22)27(36)33-16-24(35)28(37)38/h7-15,19,24,26,34-35H,2-6,16H2,1H3,(H,33,36)(H,37,38). The van der Waals surface area contributed by atoms with E-state index in [1.165, 1.54) is 18.6 Å². The third-order valence-electron chi connectivity index (χ3n) is 7.12. The molecular formula is C29H31F3N2O4S. The van der Waals surface area contributed by atoms with Crippen LogP contribution in [0.25, 0.3) is 10.4 Å². The smallest absolute Gasteiger partial charge is 0.416 e. The Kier molecular flexibility index (Phi) is 8.97. The number of alkyl halides is 3. The van der Waals surface area contributed by atoms with Crippen molar-refractivity contribution >= 4 is 28.9 Å². The maximum atomic E-state index is 13.0. The molecule has 208 valence electrons. The van der Waals surface area contributed by atoms with Crippen molar-refractivity contribution in [2.75, 3.05) is 11.9 Å². The molecule has 2 aromatic carbocycles. The Morgan fingerprint density at radius 1 is 1.03 bits per heavy atom. The van der Waals surface area contributed by atoms with Crippen LogP contribution in [-0.2, 0) is 11.0 Å². The van der Waals surface area contributed by atoms with Gasteiger partial charge in [-0.1, -0.05) is 31.4 Å². The summed E-state index contributed by atoms with van der Waals surface area (Å²) in [5.41, 5.74) is 2.34. The predicted molar refractivity (Wildman–Crippen MR) is 145 cm³/mol. The van der Waals surface area contributed by atoms with Gasteiger partial charge in [-0.3, -0.25) is 4.79 Å². The van der Waals surface area contributed by atoms with E-state index in [0.29, 0.717) is 11.5 Å². The molecule has 0 spiro atoms. The van der Waals surface area contributed by atoms with E-state index in [0.717, 1.165) is 64.4 Å².